The summed E-state index contributed by atoms with van der Waals surface area (Å²) in [6, 6.07) is 12.6. The van der Waals surface area contributed by atoms with E-state index in [-0.39, 0.29) is 22.2 Å². The normalized spacial score (nSPS) is 12.0. The van der Waals surface area contributed by atoms with Crippen molar-refractivity contribution in [2.45, 2.75) is 11.8 Å². The Morgan fingerprint density at radius 2 is 1.69 bits per heavy atom. The second-order valence-electron chi connectivity index (χ2n) is 6.22. The lowest BCUT2D eigenvalue weighted by Gasteiger charge is -2.23. The van der Waals surface area contributed by atoms with E-state index < -0.39 is 32.5 Å². The average Bonchev–Trinajstić information content (AvgIpc) is 2.63. The summed E-state index contributed by atoms with van der Waals surface area (Å²) in [6.07, 6.45) is 0.982. The molecule has 0 heterocycles. The standard InChI is InChI=1S/C18H22ClN3O5S2/c1-4-22(15-8-6-5-7-9-15)29(26,27)17-12-14(10-11-16(17)19)20-18(23)13-21(2)28(3,24)25/h5-12H,4,13H2,1-3H3,(H,20,23). The monoisotopic (exact) mass is 459 g/mol. The summed E-state index contributed by atoms with van der Waals surface area (Å²) in [5, 5.41) is 2.50. The number of para-hydroxylation sites is 1. The zero-order valence-electron chi connectivity index (χ0n) is 16.2. The first-order valence-corrected chi connectivity index (χ1v) is 12.2. The van der Waals surface area contributed by atoms with Gasteiger partial charge in [0.05, 0.1) is 23.5 Å². The van der Waals surface area contributed by atoms with E-state index in [1.807, 2.05) is 0 Å². The van der Waals surface area contributed by atoms with Gasteiger partial charge in [-0.3, -0.25) is 9.10 Å². The predicted octanol–water partition coefficient (Wildman–Crippen LogP) is 2.39. The summed E-state index contributed by atoms with van der Waals surface area (Å²) in [6.45, 7) is 1.47. The number of nitrogens with zero attached hydrogens (tertiary/aromatic N) is 2. The van der Waals surface area contributed by atoms with Gasteiger partial charge in [-0.15, -0.1) is 0 Å². The minimum absolute atomic E-state index is 0.00522. The van der Waals surface area contributed by atoms with E-state index in [4.69, 9.17) is 11.6 Å². The minimum Gasteiger partial charge on any atom is -0.325 e. The number of halogens is 1. The fourth-order valence-electron chi connectivity index (χ4n) is 2.50. The van der Waals surface area contributed by atoms with Crippen LogP contribution >= 0.6 is 11.6 Å². The molecule has 2 aromatic carbocycles. The van der Waals surface area contributed by atoms with Crippen LogP contribution in [0.5, 0.6) is 0 Å². The van der Waals surface area contributed by atoms with Crippen molar-refractivity contribution in [3.05, 3.63) is 53.6 Å². The molecule has 0 bridgehead atoms. The summed E-state index contributed by atoms with van der Waals surface area (Å²) in [5.41, 5.74) is 0.666. The maximum atomic E-state index is 13.2. The van der Waals surface area contributed by atoms with Crippen molar-refractivity contribution in [1.29, 1.82) is 0 Å². The number of carbonyl (C=O) groups excluding carboxylic acids is 1. The second kappa shape index (κ2) is 9.12. The quantitative estimate of drug-likeness (QED) is 0.652. The van der Waals surface area contributed by atoms with Gasteiger partial charge in [-0.05, 0) is 37.3 Å². The zero-order chi connectivity index (χ0) is 21.8. The number of carbonyl (C=O) groups is 1. The van der Waals surface area contributed by atoms with Crippen molar-refractivity contribution < 1.29 is 21.6 Å². The minimum atomic E-state index is -4.00. The Balaban J connectivity index is 2.33. The van der Waals surface area contributed by atoms with Gasteiger partial charge in [-0.25, -0.2) is 16.8 Å². The third-order valence-corrected chi connectivity index (χ3v) is 7.69. The molecule has 0 spiro atoms. The molecule has 0 radical (unpaired) electrons. The lowest BCUT2D eigenvalue weighted by atomic mass is 10.3. The molecule has 1 N–H and O–H groups in total. The highest BCUT2D eigenvalue weighted by atomic mass is 35.5. The van der Waals surface area contributed by atoms with Crippen LogP contribution in [0.1, 0.15) is 6.92 Å². The Morgan fingerprint density at radius 3 is 2.24 bits per heavy atom. The van der Waals surface area contributed by atoms with E-state index in [0.717, 1.165) is 10.6 Å². The Labute approximate surface area is 176 Å². The summed E-state index contributed by atoms with van der Waals surface area (Å²) < 4.78 is 51.3. The van der Waals surface area contributed by atoms with E-state index in [9.17, 15) is 21.6 Å². The fraction of sp³-hybridized carbons (Fsp3) is 0.278. The Bertz CT molecular complexity index is 1090. The molecule has 0 saturated heterocycles. The van der Waals surface area contributed by atoms with E-state index in [2.05, 4.69) is 5.32 Å². The highest BCUT2D eigenvalue weighted by molar-refractivity contribution is 7.93. The van der Waals surface area contributed by atoms with E-state index >= 15 is 0 Å². The van der Waals surface area contributed by atoms with Crippen molar-refractivity contribution in [3.63, 3.8) is 0 Å². The first-order valence-electron chi connectivity index (χ1n) is 8.55. The molecule has 2 aromatic rings. The predicted molar refractivity (Wildman–Crippen MR) is 114 cm³/mol. The number of amides is 1. The average molecular weight is 460 g/mol. The van der Waals surface area contributed by atoms with Crippen LogP contribution in [0.15, 0.2) is 53.4 Å². The highest BCUT2D eigenvalue weighted by Crippen LogP contribution is 2.30. The van der Waals surface area contributed by atoms with Crippen molar-refractivity contribution in [3.8, 4) is 0 Å². The molecule has 0 aliphatic heterocycles. The third kappa shape index (κ3) is 5.69. The molecule has 1 amide bonds. The number of likely N-dealkylation sites (N-methyl/N-ethyl adjacent to an activating group) is 1. The van der Waals surface area contributed by atoms with Gasteiger partial charge in [-0.1, -0.05) is 29.8 Å². The van der Waals surface area contributed by atoms with Gasteiger partial charge < -0.3 is 5.32 Å². The Kier molecular flexibility index (Phi) is 7.28. The fourth-order valence-corrected chi connectivity index (χ4v) is 4.83. The zero-order valence-corrected chi connectivity index (χ0v) is 18.6. The van der Waals surface area contributed by atoms with Crippen LogP contribution < -0.4 is 9.62 Å². The molecule has 0 aliphatic rings. The lowest BCUT2D eigenvalue weighted by Crippen LogP contribution is -2.34. The number of rotatable bonds is 8. The molecular formula is C18H22ClN3O5S2. The molecule has 0 saturated carbocycles. The molecule has 0 atom stereocenters. The maximum absolute atomic E-state index is 13.2. The smallest absolute Gasteiger partial charge is 0.265 e. The van der Waals surface area contributed by atoms with Gasteiger partial charge >= 0.3 is 0 Å². The van der Waals surface area contributed by atoms with Crippen LogP contribution in [0.2, 0.25) is 5.02 Å². The van der Waals surface area contributed by atoms with Crippen LogP contribution in [0.4, 0.5) is 11.4 Å². The van der Waals surface area contributed by atoms with Gasteiger partial charge in [0.2, 0.25) is 15.9 Å². The first-order chi connectivity index (χ1) is 13.5. The second-order valence-corrected chi connectivity index (χ2v) is 10.5. The van der Waals surface area contributed by atoms with Crippen molar-refractivity contribution in [1.82, 2.24) is 4.31 Å². The number of hydrogen-bond acceptors (Lipinski definition) is 5. The van der Waals surface area contributed by atoms with Crippen molar-refractivity contribution in [2.24, 2.45) is 0 Å². The number of anilines is 2. The van der Waals surface area contributed by atoms with E-state index in [1.54, 1.807) is 37.3 Å². The number of sulfonamides is 2. The van der Waals surface area contributed by atoms with Gasteiger partial charge in [0.15, 0.2) is 0 Å². The van der Waals surface area contributed by atoms with Gasteiger partial charge in [0, 0.05) is 19.3 Å². The van der Waals surface area contributed by atoms with Crippen LogP contribution in [0, 0.1) is 0 Å². The van der Waals surface area contributed by atoms with Crippen LogP contribution in [0.3, 0.4) is 0 Å². The summed E-state index contributed by atoms with van der Waals surface area (Å²) in [7, 11) is -6.25. The summed E-state index contributed by atoms with van der Waals surface area (Å²) >= 11 is 6.14. The maximum Gasteiger partial charge on any atom is 0.265 e. The molecular weight excluding hydrogens is 438 g/mol. The largest absolute Gasteiger partial charge is 0.325 e. The number of hydrogen-bond donors (Lipinski definition) is 1. The number of benzene rings is 2. The Hall–Kier alpha value is -2.14. The molecule has 158 valence electrons. The molecule has 29 heavy (non-hydrogen) atoms. The van der Waals surface area contributed by atoms with E-state index in [1.165, 1.54) is 29.6 Å². The lowest BCUT2D eigenvalue weighted by molar-refractivity contribution is -0.116. The third-order valence-electron chi connectivity index (χ3n) is 4.05. The van der Waals surface area contributed by atoms with E-state index in [0.29, 0.717) is 5.69 Å². The Morgan fingerprint density at radius 1 is 1.07 bits per heavy atom. The SMILES string of the molecule is CCN(c1ccccc1)S(=O)(=O)c1cc(NC(=O)CN(C)S(C)(=O)=O)ccc1Cl. The first kappa shape index (κ1) is 23.1. The molecule has 2 rings (SSSR count). The molecule has 0 unspecified atom stereocenters. The van der Waals surface area contributed by atoms with Crippen molar-refractivity contribution >= 4 is 48.9 Å². The van der Waals surface area contributed by atoms with Gasteiger partial charge in [0.25, 0.3) is 10.0 Å². The highest BCUT2D eigenvalue weighted by Gasteiger charge is 2.26. The topological polar surface area (TPSA) is 104 Å². The van der Waals surface area contributed by atoms with Gasteiger partial charge in [0.1, 0.15) is 4.90 Å². The molecule has 0 aliphatic carbocycles. The van der Waals surface area contributed by atoms with Gasteiger partial charge in [-0.2, -0.15) is 4.31 Å². The summed E-state index contributed by atoms with van der Waals surface area (Å²) in [5.74, 6) is -0.612. The van der Waals surface area contributed by atoms with Crippen LogP contribution in [0.25, 0.3) is 0 Å². The van der Waals surface area contributed by atoms with Crippen LogP contribution in [-0.4, -0.2) is 53.4 Å². The number of nitrogens with one attached hydrogen (secondary N) is 1. The summed E-state index contributed by atoms with van der Waals surface area (Å²) in [4.78, 5) is 11.9. The molecule has 11 heteroatoms. The molecule has 8 nitrogen and oxygen atoms in total. The van der Waals surface area contributed by atoms with Crippen molar-refractivity contribution in [2.75, 3.05) is 36.0 Å². The van der Waals surface area contributed by atoms with Crippen LogP contribution in [-0.2, 0) is 24.8 Å². The molecule has 0 aromatic heterocycles. The molecule has 0 fully saturated rings.